The van der Waals surface area contributed by atoms with Crippen molar-refractivity contribution in [2.45, 2.75) is 32.2 Å². The Hall–Kier alpha value is -2.44. The van der Waals surface area contributed by atoms with Crippen molar-refractivity contribution in [3.63, 3.8) is 0 Å². The molecule has 6 heteroatoms. The van der Waals surface area contributed by atoms with Crippen LogP contribution in [0.3, 0.4) is 0 Å². The molecule has 0 heterocycles. The molecule has 2 aromatic rings. The summed E-state index contributed by atoms with van der Waals surface area (Å²) in [6, 6.07) is 20.4. The van der Waals surface area contributed by atoms with Gasteiger partial charge in [0.15, 0.2) is 5.78 Å². The Morgan fingerprint density at radius 2 is 1.44 bits per heavy atom. The van der Waals surface area contributed by atoms with Crippen molar-refractivity contribution in [2.75, 3.05) is 13.2 Å². The fraction of sp³-hybridized carbons (Fsp3) is 0.333. The monoisotopic (exact) mass is 385 g/mol. The van der Waals surface area contributed by atoms with Crippen molar-refractivity contribution in [3.8, 4) is 0 Å². The summed E-state index contributed by atoms with van der Waals surface area (Å²) in [4.78, 5) is 22.5. The lowest BCUT2D eigenvalue weighted by molar-refractivity contribution is -0.118. The molecule has 144 valence electrons. The van der Waals surface area contributed by atoms with E-state index >= 15 is 0 Å². The number of Topliss-reactive ketones (excluding diaryl/α,β-unsaturated/α-hetero) is 1. The summed E-state index contributed by atoms with van der Waals surface area (Å²) in [6.07, 6.45) is -1.03. The standard InChI is InChI=1S/C21H27NO4Si/c1-21(2,3)27(18-10-6-4-7-11-18,19-12-8-5-9-13-19)26-15-14-17(23)16-22-20(24)25/h4-13,22H,14-16H2,1-3H3,(H,24,25). The van der Waals surface area contributed by atoms with Crippen molar-refractivity contribution >= 4 is 30.6 Å². The first-order valence-electron chi connectivity index (χ1n) is 9.01. The molecular formula is C21H27NO4Si. The van der Waals surface area contributed by atoms with Crippen LogP contribution in [0.15, 0.2) is 60.7 Å². The second-order valence-corrected chi connectivity index (χ2v) is 11.8. The van der Waals surface area contributed by atoms with E-state index in [1.54, 1.807) is 0 Å². The molecule has 5 nitrogen and oxygen atoms in total. The molecule has 0 aromatic heterocycles. The molecule has 0 aliphatic carbocycles. The third-order valence-electron chi connectivity index (χ3n) is 4.55. The van der Waals surface area contributed by atoms with E-state index in [4.69, 9.17) is 9.53 Å². The lowest BCUT2D eigenvalue weighted by atomic mass is 10.2. The number of amides is 1. The van der Waals surface area contributed by atoms with E-state index in [0.717, 1.165) is 10.4 Å². The Kier molecular flexibility index (Phi) is 6.93. The highest BCUT2D eigenvalue weighted by molar-refractivity contribution is 6.99. The summed E-state index contributed by atoms with van der Waals surface area (Å²) in [6.45, 7) is 6.58. The number of ketones is 1. The van der Waals surface area contributed by atoms with Crippen LogP contribution in [0, 0.1) is 0 Å². The van der Waals surface area contributed by atoms with Crippen molar-refractivity contribution < 1.29 is 19.1 Å². The van der Waals surface area contributed by atoms with Crippen LogP contribution in [0.5, 0.6) is 0 Å². The van der Waals surface area contributed by atoms with Gasteiger partial charge in [0, 0.05) is 13.0 Å². The van der Waals surface area contributed by atoms with Gasteiger partial charge in [0.1, 0.15) is 0 Å². The van der Waals surface area contributed by atoms with E-state index in [0.29, 0.717) is 0 Å². The number of carboxylic acid groups (broad SMARTS) is 1. The summed E-state index contributed by atoms with van der Waals surface area (Å²) in [7, 11) is -2.65. The van der Waals surface area contributed by atoms with Gasteiger partial charge in [-0.15, -0.1) is 0 Å². The third kappa shape index (κ3) is 5.05. The molecule has 2 rings (SSSR count). The molecule has 0 spiro atoms. The fourth-order valence-electron chi connectivity index (χ4n) is 3.34. The Bertz CT molecular complexity index is 717. The lowest BCUT2D eigenvalue weighted by Gasteiger charge is -2.43. The van der Waals surface area contributed by atoms with E-state index in [1.165, 1.54) is 0 Å². The maximum absolute atomic E-state index is 12.0. The second kappa shape index (κ2) is 8.97. The van der Waals surface area contributed by atoms with Gasteiger partial charge in [-0.05, 0) is 15.4 Å². The molecule has 1 amide bonds. The highest BCUT2D eigenvalue weighted by atomic mass is 28.4. The molecule has 0 aliphatic rings. The summed E-state index contributed by atoms with van der Waals surface area (Å²) >= 11 is 0. The molecule has 2 N–H and O–H groups in total. The number of hydrogen-bond acceptors (Lipinski definition) is 3. The van der Waals surface area contributed by atoms with Gasteiger partial charge in [-0.3, -0.25) is 4.79 Å². The Balaban J connectivity index is 2.33. The lowest BCUT2D eigenvalue weighted by Crippen LogP contribution is -2.66. The van der Waals surface area contributed by atoms with E-state index < -0.39 is 14.4 Å². The number of nitrogens with one attached hydrogen (secondary N) is 1. The van der Waals surface area contributed by atoms with E-state index in [1.807, 2.05) is 36.4 Å². The van der Waals surface area contributed by atoms with Crippen LogP contribution in [0.25, 0.3) is 0 Å². The van der Waals surface area contributed by atoms with Crippen LogP contribution < -0.4 is 15.7 Å². The van der Waals surface area contributed by atoms with Crippen LogP contribution in [0.1, 0.15) is 27.2 Å². The predicted octanol–water partition coefficient (Wildman–Crippen LogP) is 2.79. The minimum Gasteiger partial charge on any atom is -0.465 e. The first-order valence-corrected chi connectivity index (χ1v) is 10.9. The highest BCUT2D eigenvalue weighted by Crippen LogP contribution is 2.36. The van der Waals surface area contributed by atoms with Crippen LogP contribution >= 0.6 is 0 Å². The zero-order valence-electron chi connectivity index (χ0n) is 16.1. The number of benzene rings is 2. The van der Waals surface area contributed by atoms with Crippen molar-refractivity contribution in [1.82, 2.24) is 5.32 Å². The highest BCUT2D eigenvalue weighted by Gasteiger charge is 2.50. The van der Waals surface area contributed by atoms with Gasteiger partial charge in [-0.2, -0.15) is 0 Å². The first kappa shape index (κ1) is 20.9. The first-order chi connectivity index (χ1) is 12.8. The summed E-state index contributed by atoms with van der Waals surface area (Å²) < 4.78 is 6.59. The Morgan fingerprint density at radius 1 is 0.963 bits per heavy atom. The van der Waals surface area contributed by atoms with Crippen LogP contribution in [0.2, 0.25) is 5.04 Å². The van der Waals surface area contributed by atoms with Crippen LogP contribution in [-0.2, 0) is 9.22 Å². The van der Waals surface area contributed by atoms with Gasteiger partial charge in [-0.1, -0.05) is 81.4 Å². The molecule has 0 saturated heterocycles. The SMILES string of the molecule is CC(C)(C)[Si](OCCC(=O)CNC(=O)O)(c1ccccc1)c1ccccc1. The van der Waals surface area contributed by atoms with E-state index in [-0.39, 0.29) is 30.4 Å². The average molecular weight is 386 g/mol. The van der Waals surface area contributed by atoms with Crippen LogP contribution in [-0.4, -0.2) is 38.5 Å². The average Bonchev–Trinajstić information content (AvgIpc) is 2.64. The van der Waals surface area contributed by atoms with Gasteiger partial charge in [-0.25, -0.2) is 4.79 Å². The zero-order valence-corrected chi connectivity index (χ0v) is 17.1. The second-order valence-electron chi connectivity index (χ2n) is 7.46. The number of carbonyl (C=O) groups excluding carboxylic acids is 1. The molecule has 0 unspecified atom stereocenters. The topological polar surface area (TPSA) is 75.6 Å². The maximum Gasteiger partial charge on any atom is 0.405 e. The van der Waals surface area contributed by atoms with Gasteiger partial charge in [0.05, 0.1) is 6.54 Å². The number of rotatable bonds is 8. The van der Waals surface area contributed by atoms with Crippen molar-refractivity contribution in [3.05, 3.63) is 60.7 Å². The quantitative estimate of drug-likeness (QED) is 0.685. The van der Waals surface area contributed by atoms with E-state index in [9.17, 15) is 9.59 Å². The van der Waals surface area contributed by atoms with Gasteiger partial charge in [0.2, 0.25) is 0 Å². The molecule has 0 saturated carbocycles. The molecule has 0 atom stereocenters. The van der Waals surface area contributed by atoms with E-state index in [2.05, 4.69) is 50.4 Å². The Morgan fingerprint density at radius 3 is 1.85 bits per heavy atom. The van der Waals surface area contributed by atoms with Crippen molar-refractivity contribution in [2.24, 2.45) is 0 Å². The van der Waals surface area contributed by atoms with Crippen LogP contribution in [0.4, 0.5) is 4.79 Å². The molecule has 0 aliphatic heterocycles. The minimum atomic E-state index is -2.65. The molecule has 27 heavy (non-hydrogen) atoms. The molecular weight excluding hydrogens is 358 g/mol. The molecule has 0 radical (unpaired) electrons. The largest absolute Gasteiger partial charge is 0.465 e. The smallest absolute Gasteiger partial charge is 0.405 e. The normalized spacial score (nSPS) is 11.8. The maximum atomic E-state index is 12.0. The summed E-state index contributed by atoms with van der Waals surface area (Å²) in [5.74, 6) is -0.185. The summed E-state index contributed by atoms with van der Waals surface area (Å²) in [5, 5.41) is 12.9. The van der Waals surface area contributed by atoms with Crippen molar-refractivity contribution in [1.29, 1.82) is 0 Å². The van der Waals surface area contributed by atoms with Gasteiger partial charge >= 0.3 is 6.09 Å². The predicted molar refractivity (Wildman–Crippen MR) is 109 cm³/mol. The molecule has 0 bridgehead atoms. The fourth-order valence-corrected chi connectivity index (χ4v) is 7.91. The Labute approximate surface area is 161 Å². The zero-order chi connectivity index (χ0) is 19.9. The number of carbonyl (C=O) groups is 2. The third-order valence-corrected chi connectivity index (χ3v) is 9.60. The number of hydrogen-bond donors (Lipinski definition) is 2. The van der Waals surface area contributed by atoms with Gasteiger partial charge in [0.25, 0.3) is 8.32 Å². The molecule has 2 aromatic carbocycles. The summed E-state index contributed by atoms with van der Waals surface area (Å²) in [5.41, 5.74) is 0. The van der Waals surface area contributed by atoms with Gasteiger partial charge < -0.3 is 14.8 Å². The molecule has 0 fully saturated rings. The minimum absolute atomic E-state index is 0.155.